The molecular weight excluding hydrogens is 411 g/mol. The molecule has 7 heteroatoms. The first-order valence-corrected chi connectivity index (χ1v) is 9.05. The van der Waals surface area contributed by atoms with Crippen LogP contribution in [0.5, 0.6) is 0 Å². The molecule has 0 aromatic heterocycles. The summed E-state index contributed by atoms with van der Waals surface area (Å²) >= 11 is 9.95. The SMILES string of the molecule is O=C1C(=Cc2cccc(Br)c2)SC(=S)N1CNc1cccc(F)c1. The van der Waals surface area contributed by atoms with Crippen LogP contribution < -0.4 is 5.32 Å². The van der Waals surface area contributed by atoms with Gasteiger partial charge < -0.3 is 5.32 Å². The topological polar surface area (TPSA) is 32.3 Å². The molecule has 1 N–H and O–H groups in total. The summed E-state index contributed by atoms with van der Waals surface area (Å²) in [6.07, 6.45) is 1.81. The Morgan fingerprint density at radius 3 is 2.79 bits per heavy atom. The molecule has 1 aliphatic rings. The van der Waals surface area contributed by atoms with Gasteiger partial charge in [0.05, 0.1) is 11.6 Å². The van der Waals surface area contributed by atoms with Crippen LogP contribution in [0.2, 0.25) is 0 Å². The van der Waals surface area contributed by atoms with Gasteiger partial charge in [-0.2, -0.15) is 0 Å². The van der Waals surface area contributed by atoms with Crippen LogP contribution in [0, 0.1) is 5.82 Å². The maximum absolute atomic E-state index is 13.2. The first-order chi connectivity index (χ1) is 11.5. The molecule has 0 spiro atoms. The number of thiocarbonyl (C=S) groups is 1. The highest BCUT2D eigenvalue weighted by atomic mass is 79.9. The Morgan fingerprint density at radius 1 is 1.25 bits per heavy atom. The number of thioether (sulfide) groups is 1. The van der Waals surface area contributed by atoms with Gasteiger partial charge in [-0.25, -0.2) is 4.39 Å². The van der Waals surface area contributed by atoms with E-state index in [4.69, 9.17) is 12.2 Å². The van der Waals surface area contributed by atoms with Gasteiger partial charge in [0.1, 0.15) is 10.1 Å². The van der Waals surface area contributed by atoms with Gasteiger partial charge in [0.25, 0.3) is 5.91 Å². The van der Waals surface area contributed by atoms with Crippen LogP contribution in [0.3, 0.4) is 0 Å². The zero-order valence-electron chi connectivity index (χ0n) is 12.3. The summed E-state index contributed by atoms with van der Waals surface area (Å²) in [5, 5.41) is 3.01. The Balaban J connectivity index is 1.72. The predicted molar refractivity (Wildman–Crippen MR) is 104 cm³/mol. The number of rotatable bonds is 4. The molecule has 1 amide bonds. The summed E-state index contributed by atoms with van der Waals surface area (Å²) in [6, 6.07) is 13.8. The van der Waals surface area contributed by atoms with Crippen molar-refractivity contribution in [3.05, 3.63) is 69.3 Å². The average molecular weight is 423 g/mol. The Kier molecular flexibility index (Phi) is 5.33. The Bertz CT molecular complexity index is 841. The number of nitrogens with one attached hydrogen (secondary N) is 1. The van der Waals surface area contributed by atoms with Gasteiger partial charge in [0, 0.05) is 10.2 Å². The quantitative estimate of drug-likeness (QED) is 0.563. The minimum atomic E-state index is -0.333. The van der Waals surface area contributed by atoms with E-state index in [1.165, 1.54) is 28.8 Å². The van der Waals surface area contributed by atoms with E-state index in [0.717, 1.165) is 10.0 Å². The lowest BCUT2D eigenvalue weighted by atomic mass is 10.2. The summed E-state index contributed by atoms with van der Waals surface area (Å²) < 4.78 is 14.6. The zero-order valence-corrected chi connectivity index (χ0v) is 15.6. The third-order valence-electron chi connectivity index (χ3n) is 3.29. The lowest BCUT2D eigenvalue weighted by molar-refractivity contribution is -0.121. The highest BCUT2D eigenvalue weighted by molar-refractivity contribution is 9.10. The number of hydrogen-bond donors (Lipinski definition) is 1. The highest BCUT2D eigenvalue weighted by Gasteiger charge is 2.31. The molecule has 3 rings (SSSR count). The minimum Gasteiger partial charge on any atom is -0.367 e. The Morgan fingerprint density at radius 2 is 2.04 bits per heavy atom. The summed E-state index contributed by atoms with van der Waals surface area (Å²) in [7, 11) is 0. The van der Waals surface area contributed by atoms with E-state index in [-0.39, 0.29) is 18.4 Å². The fourth-order valence-corrected chi connectivity index (χ4v) is 3.82. The largest absolute Gasteiger partial charge is 0.367 e. The van der Waals surface area contributed by atoms with Crippen molar-refractivity contribution in [3.63, 3.8) is 0 Å². The predicted octanol–water partition coefficient (Wildman–Crippen LogP) is 4.86. The number of halogens is 2. The highest BCUT2D eigenvalue weighted by Crippen LogP contribution is 2.32. The molecule has 3 nitrogen and oxygen atoms in total. The molecule has 2 aromatic rings. The van der Waals surface area contributed by atoms with Crippen LogP contribution in [0.4, 0.5) is 10.1 Å². The first kappa shape index (κ1) is 17.1. The second kappa shape index (κ2) is 7.46. The zero-order chi connectivity index (χ0) is 17.1. The second-order valence-corrected chi connectivity index (χ2v) is 7.60. The first-order valence-electron chi connectivity index (χ1n) is 7.03. The molecule has 1 fully saturated rings. The molecular formula is C17H12BrFN2OS2. The standard InChI is InChI=1S/C17H12BrFN2OS2/c18-12-4-1-3-11(7-12)8-15-16(22)21(17(23)24-15)10-20-14-6-2-5-13(19)9-14/h1-9,20H,10H2. The maximum atomic E-state index is 13.2. The number of hydrogen-bond acceptors (Lipinski definition) is 4. The molecule has 0 atom stereocenters. The second-order valence-electron chi connectivity index (χ2n) is 5.01. The van der Waals surface area contributed by atoms with Crippen molar-refractivity contribution in [2.75, 3.05) is 12.0 Å². The van der Waals surface area contributed by atoms with Crippen LogP contribution in [0.1, 0.15) is 5.56 Å². The monoisotopic (exact) mass is 422 g/mol. The number of amides is 1. The van der Waals surface area contributed by atoms with E-state index in [1.807, 2.05) is 30.3 Å². The van der Waals surface area contributed by atoms with E-state index in [2.05, 4.69) is 21.2 Å². The number of carbonyl (C=O) groups is 1. The minimum absolute atomic E-state index is 0.158. The summed E-state index contributed by atoms with van der Waals surface area (Å²) in [6.45, 7) is 0.198. The fraction of sp³-hybridized carbons (Fsp3) is 0.0588. The van der Waals surface area contributed by atoms with Crippen molar-refractivity contribution >= 4 is 61.9 Å². The third-order valence-corrected chi connectivity index (χ3v) is 5.16. The van der Waals surface area contributed by atoms with E-state index in [0.29, 0.717) is 14.9 Å². The average Bonchev–Trinajstić information content (AvgIpc) is 2.79. The maximum Gasteiger partial charge on any atom is 0.267 e. The van der Waals surface area contributed by atoms with E-state index in [9.17, 15) is 9.18 Å². The van der Waals surface area contributed by atoms with Gasteiger partial charge in [0.2, 0.25) is 0 Å². The summed E-state index contributed by atoms with van der Waals surface area (Å²) in [5.41, 5.74) is 1.52. The van der Waals surface area contributed by atoms with Crippen LogP contribution in [-0.2, 0) is 4.79 Å². The van der Waals surface area contributed by atoms with Crippen molar-refractivity contribution in [3.8, 4) is 0 Å². The van der Waals surface area contributed by atoms with E-state index < -0.39 is 0 Å². The number of nitrogens with zero attached hydrogens (tertiary/aromatic N) is 1. The molecule has 1 aliphatic heterocycles. The number of carbonyl (C=O) groups excluding carboxylic acids is 1. The number of benzene rings is 2. The fourth-order valence-electron chi connectivity index (χ4n) is 2.15. The van der Waals surface area contributed by atoms with Gasteiger partial charge in [-0.15, -0.1) is 0 Å². The van der Waals surface area contributed by atoms with Crippen molar-refractivity contribution in [2.45, 2.75) is 0 Å². The summed E-state index contributed by atoms with van der Waals surface area (Å²) in [4.78, 5) is 14.6. The molecule has 2 aromatic carbocycles. The summed E-state index contributed by atoms with van der Waals surface area (Å²) in [5.74, 6) is -0.492. The van der Waals surface area contributed by atoms with Gasteiger partial charge in [0.15, 0.2) is 0 Å². The van der Waals surface area contributed by atoms with Crippen LogP contribution in [0.15, 0.2) is 57.9 Å². The Hall–Kier alpha value is -1.70. The molecule has 0 bridgehead atoms. The van der Waals surface area contributed by atoms with Gasteiger partial charge >= 0.3 is 0 Å². The van der Waals surface area contributed by atoms with Gasteiger partial charge in [-0.3, -0.25) is 9.69 Å². The van der Waals surface area contributed by atoms with E-state index >= 15 is 0 Å². The lowest BCUT2D eigenvalue weighted by Gasteiger charge is -2.16. The Labute approximate surface area is 157 Å². The van der Waals surface area contributed by atoms with Crippen LogP contribution >= 0.6 is 39.9 Å². The van der Waals surface area contributed by atoms with Crippen molar-refractivity contribution in [2.24, 2.45) is 0 Å². The molecule has 0 radical (unpaired) electrons. The van der Waals surface area contributed by atoms with Crippen LogP contribution in [-0.4, -0.2) is 21.8 Å². The van der Waals surface area contributed by atoms with Gasteiger partial charge in [-0.05, 0) is 42.0 Å². The molecule has 0 unspecified atom stereocenters. The molecule has 0 aliphatic carbocycles. The van der Waals surface area contributed by atoms with Crippen molar-refractivity contribution < 1.29 is 9.18 Å². The smallest absolute Gasteiger partial charge is 0.267 e. The lowest BCUT2D eigenvalue weighted by Crippen LogP contribution is -2.33. The normalized spacial score (nSPS) is 16.1. The van der Waals surface area contributed by atoms with Crippen molar-refractivity contribution in [1.29, 1.82) is 0 Å². The molecule has 1 saturated heterocycles. The van der Waals surface area contributed by atoms with E-state index in [1.54, 1.807) is 12.1 Å². The van der Waals surface area contributed by atoms with Gasteiger partial charge in [-0.1, -0.05) is 58.1 Å². The molecule has 122 valence electrons. The number of anilines is 1. The van der Waals surface area contributed by atoms with Crippen molar-refractivity contribution in [1.82, 2.24) is 4.90 Å². The molecule has 24 heavy (non-hydrogen) atoms. The third kappa shape index (κ3) is 4.03. The van der Waals surface area contributed by atoms with Crippen LogP contribution in [0.25, 0.3) is 6.08 Å². The molecule has 1 heterocycles. The molecule has 0 saturated carbocycles.